The first-order valence-corrected chi connectivity index (χ1v) is 9.26. The van der Waals surface area contributed by atoms with Gasteiger partial charge in [-0.05, 0) is 36.2 Å². The highest BCUT2D eigenvalue weighted by Gasteiger charge is 2.19. The van der Waals surface area contributed by atoms with Gasteiger partial charge in [0.1, 0.15) is 11.6 Å². The molecule has 0 bridgehead atoms. The fourth-order valence-electron chi connectivity index (χ4n) is 3.23. The van der Waals surface area contributed by atoms with E-state index in [0.29, 0.717) is 19.5 Å². The first-order chi connectivity index (χ1) is 13.1. The lowest BCUT2D eigenvalue weighted by Gasteiger charge is -2.35. The van der Waals surface area contributed by atoms with Crippen molar-refractivity contribution in [3.63, 3.8) is 0 Å². The molecule has 1 fully saturated rings. The lowest BCUT2D eigenvalue weighted by Crippen LogP contribution is -2.49. The molecular formula is C21H26FN3O2. The summed E-state index contributed by atoms with van der Waals surface area (Å²) in [7, 11) is 1.67. The molecule has 144 valence electrons. The molecule has 2 aromatic rings. The maximum atomic E-state index is 12.9. The Bertz CT molecular complexity index is 743. The molecule has 1 aliphatic heterocycles. The maximum absolute atomic E-state index is 12.9. The monoisotopic (exact) mass is 371 g/mol. The van der Waals surface area contributed by atoms with E-state index < -0.39 is 0 Å². The Morgan fingerprint density at radius 1 is 1.11 bits per heavy atom. The minimum atomic E-state index is -0.240. The Balaban J connectivity index is 1.38. The van der Waals surface area contributed by atoms with Crippen LogP contribution in [0.2, 0.25) is 0 Å². The second kappa shape index (κ2) is 9.37. The number of anilines is 1. The van der Waals surface area contributed by atoms with Crippen molar-refractivity contribution in [3.8, 4) is 5.75 Å². The SMILES string of the molecule is COc1cccc(N2CCN(CC(=O)NCCc3ccc(F)cc3)CC2)c1. The summed E-state index contributed by atoms with van der Waals surface area (Å²) < 4.78 is 18.2. The average Bonchev–Trinajstić information content (AvgIpc) is 2.70. The number of nitrogens with one attached hydrogen (secondary N) is 1. The zero-order valence-electron chi connectivity index (χ0n) is 15.7. The Labute approximate surface area is 159 Å². The van der Waals surface area contributed by atoms with Crippen molar-refractivity contribution in [2.24, 2.45) is 0 Å². The first kappa shape index (κ1) is 19.2. The number of methoxy groups -OCH3 is 1. The van der Waals surface area contributed by atoms with E-state index in [9.17, 15) is 9.18 Å². The number of ether oxygens (including phenoxy) is 1. The number of carbonyl (C=O) groups is 1. The summed E-state index contributed by atoms with van der Waals surface area (Å²) in [5.41, 5.74) is 2.17. The van der Waals surface area contributed by atoms with Crippen LogP contribution in [0.15, 0.2) is 48.5 Å². The van der Waals surface area contributed by atoms with E-state index in [1.165, 1.54) is 12.1 Å². The Kier molecular flexibility index (Phi) is 6.65. The first-order valence-electron chi connectivity index (χ1n) is 9.26. The predicted molar refractivity (Wildman–Crippen MR) is 105 cm³/mol. The van der Waals surface area contributed by atoms with Crippen LogP contribution in [0.1, 0.15) is 5.56 Å². The average molecular weight is 371 g/mol. The van der Waals surface area contributed by atoms with Crippen LogP contribution in [0, 0.1) is 5.82 Å². The van der Waals surface area contributed by atoms with E-state index in [1.54, 1.807) is 19.2 Å². The minimum absolute atomic E-state index is 0.0342. The van der Waals surface area contributed by atoms with Crippen LogP contribution >= 0.6 is 0 Å². The number of benzene rings is 2. The molecular weight excluding hydrogens is 345 g/mol. The van der Waals surface area contributed by atoms with Crippen molar-refractivity contribution in [1.82, 2.24) is 10.2 Å². The number of nitrogens with zero attached hydrogens (tertiary/aromatic N) is 2. The van der Waals surface area contributed by atoms with Crippen LogP contribution in [0.3, 0.4) is 0 Å². The molecule has 0 unspecified atom stereocenters. The summed E-state index contributed by atoms with van der Waals surface area (Å²) in [5, 5.41) is 2.95. The van der Waals surface area contributed by atoms with Gasteiger partial charge in [0.15, 0.2) is 0 Å². The van der Waals surface area contributed by atoms with Crippen molar-refractivity contribution in [3.05, 3.63) is 59.9 Å². The van der Waals surface area contributed by atoms with Crippen LogP contribution in [-0.4, -0.2) is 57.2 Å². The third kappa shape index (κ3) is 5.69. The lowest BCUT2D eigenvalue weighted by molar-refractivity contribution is -0.122. The quantitative estimate of drug-likeness (QED) is 0.811. The molecule has 0 atom stereocenters. The van der Waals surface area contributed by atoms with Gasteiger partial charge in [0.25, 0.3) is 0 Å². The summed E-state index contributed by atoms with van der Waals surface area (Å²) in [6.45, 7) is 4.45. The predicted octanol–water partition coefficient (Wildman–Crippen LogP) is 2.32. The van der Waals surface area contributed by atoms with E-state index in [4.69, 9.17) is 4.74 Å². The molecule has 3 rings (SSSR count). The highest BCUT2D eigenvalue weighted by molar-refractivity contribution is 5.78. The van der Waals surface area contributed by atoms with Crippen LogP contribution in [-0.2, 0) is 11.2 Å². The molecule has 0 radical (unpaired) electrons. The normalized spacial score (nSPS) is 14.8. The maximum Gasteiger partial charge on any atom is 0.234 e. The highest BCUT2D eigenvalue weighted by atomic mass is 19.1. The van der Waals surface area contributed by atoms with Gasteiger partial charge in [-0.2, -0.15) is 0 Å². The number of amides is 1. The van der Waals surface area contributed by atoms with Gasteiger partial charge >= 0.3 is 0 Å². The smallest absolute Gasteiger partial charge is 0.234 e. The molecule has 0 saturated carbocycles. The van der Waals surface area contributed by atoms with Crippen molar-refractivity contribution >= 4 is 11.6 Å². The Morgan fingerprint density at radius 3 is 2.56 bits per heavy atom. The van der Waals surface area contributed by atoms with Gasteiger partial charge < -0.3 is 15.0 Å². The van der Waals surface area contributed by atoms with Crippen LogP contribution < -0.4 is 15.0 Å². The minimum Gasteiger partial charge on any atom is -0.497 e. The molecule has 6 heteroatoms. The van der Waals surface area contributed by atoms with Crippen molar-refractivity contribution < 1.29 is 13.9 Å². The second-order valence-electron chi connectivity index (χ2n) is 6.69. The Morgan fingerprint density at radius 2 is 1.85 bits per heavy atom. The fourth-order valence-corrected chi connectivity index (χ4v) is 3.23. The number of halogens is 1. The molecule has 1 heterocycles. The van der Waals surface area contributed by atoms with Crippen LogP contribution in [0.25, 0.3) is 0 Å². The highest BCUT2D eigenvalue weighted by Crippen LogP contribution is 2.21. The third-order valence-electron chi connectivity index (χ3n) is 4.81. The zero-order valence-corrected chi connectivity index (χ0v) is 15.7. The van der Waals surface area contributed by atoms with Crippen molar-refractivity contribution in [1.29, 1.82) is 0 Å². The topological polar surface area (TPSA) is 44.8 Å². The molecule has 1 aliphatic rings. The van der Waals surface area contributed by atoms with Gasteiger partial charge in [-0.3, -0.25) is 9.69 Å². The summed E-state index contributed by atoms with van der Waals surface area (Å²) >= 11 is 0. The number of hydrogen-bond acceptors (Lipinski definition) is 4. The van der Waals surface area contributed by atoms with Gasteiger partial charge in [0.05, 0.1) is 13.7 Å². The summed E-state index contributed by atoms with van der Waals surface area (Å²) in [5.74, 6) is 0.651. The second-order valence-corrected chi connectivity index (χ2v) is 6.69. The fraction of sp³-hybridized carbons (Fsp3) is 0.381. The van der Waals surface area contributed by atoms with E-state index in [2.05, 4.69) is 21.2 Å². The molecule has 1 saturated heterocycles. The molecule has 27 heavy (non-hydrogen) atoms. The Hall–Kier alpha value is -2.60. The van der Waals surface area contributed by atoms with Crippen LogP contribution in [0.5, 0.6) is 5.75 Å². The van der Waals surface area contributed by atoms with Crippen LogP contribution in [0.4, 0.5) is 10.1 Å². The van der Waals surface area contributed by atoms with Crippen molar-refractivity contribution in [2.75, 3.05) is 51.3 Å². The molecule has 1 N–H and O–H groups in total. The summed E-state index contributed by atoms with van der Waals surface area (Å²) in [4.78, 5) is 16.6. The molecule has 2 aromatic carbocycles. The number of rotatable bonds is 7. The van der Waals surface area contributed by atoms with Gasteiger partial charge in [-0.25, -0.2) is 4.39 Å². The molecule has 1 amide bonds. The van der Waals surface area contributed by atoms with Gasteiger partial charge in [0.2, 0.25) is 5.91 Å². The van der Waals surface area contributed by atoms with E-state index >= 15 is 0 Å². The lowest BCUT2D eigenvalue weighted by atomic mass is 10.1. The van der Waals surface area contributed by atoms with Crippen molar-refractivity contribution in [2.45, 2.75) is 6.42 Å². The third-order valence-corrected chi connectivity index (χ3v) is 4.81. The van der Waals surface area contributed by atoms with E-state index in [-0.39, 0.29) is 11.7 Å². The van der Waals surface area contributed by atoms with Gasteiger partial charge in [-0.15, -0.1) is 0 Å². The molecule has 0 aromatic heterocycles. The number of piperazine rings is 1. The number of hydrogen-bond donors (Lipinski definition) is 1. The molecule has 0 spiro atoms. The van der Waals surface area contributed by atoms with Gasteiger partial charge in [0, 0.05) is 44.5 Å². The van der Waals surface area contributed by atoms with E-state index in [1.807, 2.05) is 18.2 Å². The molecule has 5 nitrogen and oxygen atoms in total. The van der Waals surface area contributed by atoms with E-state index in [0.717, 1.165) is 43.2 Å². The summed E-state index contributed by atoms with van der Waals surface area (Å²) in [6.07, 6.45) is 0.704. The largest absolute Gasteiger partial charge is 0.497 e. The van der Waals surface area contributed by atoms with Gasteiger partial charge in [-0.1, -0.05) is 18.2 Å². The standard InChI is InChI=1S/C21H26FN3O2/c1-27-20-4-2-3-19(15-20)25-13-11-24(12-14-25)16-21(26)23-10-9-17-5-7-18(22)8-6-17/h2-8,15H,9-14,16H2,1H3,(H,23,26). The zero-order chi connectivity index (χ0) is 19.1. The summed E-state index contributed by atoms with van der Waals surface area (Å²) in [6, 6.07) is 14.4. The number of carbonyl (C=O) groups excluding carboxylic acids is 1. The molecule has 0 aliphatic carbocycles.